The molecule has 0 spiro atoms. The molecule has 0 atom stereocenters. The fourth-order valence-corrected chi connectivity index (χ4v) is 3.14. The van der Waals surface area contributed by atoms with Crippen molar-refractivity contribution in [1.82, 2.24) is 29.4 Å². The summed E-state index contributed by atoms with van der Waals surface area (Å²) in [5.41, 5.74) is 2.88. The van der Waals surface area contributed by atoms with Crippen LogP contribution in [0.15, 0.2) is 61.1 Å². The van der Waals surface area contributed by atoms with Crippen molar-refractivity contribution in [2.75, 3.05) is 0 Å². The van der Waals surface area contributed by atoms with Gasteiger partial charge in [0.05, 0.1) is 22.3 Å². The van der Waals surface area contributed by atoms with Gasteiger partial charge in [0.2, 0.25) is 0 Å². The van der Waals surface area contributed by atoms with E-state index in [2.05, 4.69) is 20.3 Å². The summed E-state index contributed by atoms with van der Waals surface area (Å²) in [5.74, 6) is 0.837. The Morgan fingerprint density at radius 2 is 1.73 bits per heavy atom. The lowest BCUT2D eigenvalue weighted by Gasteiger charge is -2.05. The zero-order valence-electron chi connectivity index (χ0n) is 13.3. The molecule has 0 radical (unpaired) electrons. The molecule has 0 saturated carbocycles. The molecular formula is C18H11ClN6O. The molecule has 0 saturated heterocycles. The zero-order chi connectivity index (χ0) is 17.7. The van der Waals surface area contributed by atoms with Crippen LogP contribution in [-0.4, -0.2) is 34.5 Å². The third-order valence-corrected chi connectivity index (χ3v) is 4.50. The summed E-state index contributed by atoms with van der Waals surface area (Å²) in [6.07, 6.45) is 3.37. The first-order valence-corrected chi connectivity index (χ1v) is 8.22. The summed E-state index contributed by atoms with van der Waals surface area (Å²) in [6.45, 7) is 0. The highest BCUT2D eigenvalue weighted by Crippen LogP contribution is 2.27. The first kappa shape index (κ1) is 14.9. The number of hydrogen-bond acceptors (Lipinski definition) is 5. The second-order valence-electron chi connectivity index (χ2n) is 5.75. The molecule has 0 aliphatic heterocycles. The zero-order valence-corrected chi connectivity index (χ0v) is 14.0. The highest BCUT2D eigenvalue weighted by Gasteiger charge is 2.16. The SMILES string of the molecule is Oc1ccc(-c2nnc3c4cnn(-c5ccccc5Cl)c4ncn23)cc1. The molecule has 5 aromatic rings. The number of hydrogen-bond donors (Lipinski definition) is 1. The summed E-state index contributed by atoms with van der Waals surface area (Å²) >= 11 is 6.29. The maximum Gasteiger partial charge on any atom is 0.175 e. The van der Waals surface area contributed by atoms with Gasteiger partial charge in [-0.25, -0.2) is 9.67 Å². The average molecular weight is 363 g/mol. The predicted octanol–water partition coefficient (Wildman–Crippen LogP) is 3.49. The lowest BCUT2D eigenvalue weighted by Crippen LogP contribution is -1.99. The van der Waals surface area contributed by atoms with Gasteiger partial charge < -0.3 is 5.11 Å². The van der Waals surface area contributed by atoms with Crippen LogP contribution in [0.4, 0.5) is 0 Å². The molecule has 1 N–H and O–H groups in total. The Kier molecular flexibility index (Phi) is 3.16. The van der Waals surface area contributed by atoms with Crippen LogP contribution in [0.1, 0.15) is 0 Å². The normalized spacial score (nSPS) is 11.4. The van der Waals surface area contributed by atoms with Crippen LogP contribution in [-0.2, 0) is 0 Å². The summed E-state index contributed by atoms with van der Waals surface area (Å²) in [7, 11) is 0. The molecule has 0 bridgehead atoms. The first-order chi connectivity index (χ1) is 12.7. The van der Waals surface area contributed by atoms with Crippen LogP contribution < -0.4 is 0 Å². The molecule has 0 amide bonds. The minimum Gasteiger partial charge on any atom is -0.508 e. The van der Waals surface area contributed by atoms with Crippen molar-refractivity contribution in [2.24, 2.45) is 0 Å². The number of halogens is 1. The van der Waals surface area contributed by atoms with Crippen LogP contribution in [0.5, 0.6) is 5.75 Å². The third-order valence-electron chi connectivity index (χ3n) is 4.18. The van der Waals surface area contributed by atoms with Gasteiger partial charge in [-0.15, -0.1) is 10.2 Å². The fraction of sp³-hybridized carbons (Fsp3) is 0. The first-order valence-electron chi connectivity index (χ1n) is 7.84. The molecule has 2 aromatic carbocycles. The standard InChI is InChI=1S/C18H11ClN6O/c19-14-3-1-2-4-15(14)25-17-13(9-21-25)18-23-22-16(24(18)10-20-17)11-5-7-12(26)8-6-11/h1-10,26H. The highest BCUT2D eigenvalue weighted by atomic mass is 35.5. The molecule has 3 aromatic heterocycles. The van der Waals surface area contributed by atoms with Gasteiger partial charge in [-0.05, 0) is 36.4 Å². The Labute approximate surface area is 152 Å². The van der Waals surface area contributed by atoms with Crippen molar-refractivity contribution in [3.8, 4) is 22.8 Å². The van der Waals surface area contributed by atoms with Crippen LogP contribution in [0.3, 0.4) is 0 Å². The summed E-state index contributed by atoms with van der Waals surface area (Å²) in [4.78, 5) is 4.54. The van der Waals surface area contributed by atoms with Gasteiger partial charge in [0.25, 0.3) is 0 Å². The van der Waals surface area contributed by atoms with Gasteiger partial charge in [0.15, 0.2) is 17.1 Å². The van der Waals surface area contributed by atoms with E-state index in [1.807, 2.05) is 24.3 Å². The van der Waals surface area contributed by atoms with Gasteiger partial charge in [-0.2, -0.15) is 5.10 Å². The number of aromatic hydroxyl groups is 1. The van der Waals surface area contributed by atoms with E-state index in [0.717, 1.165) is 16.6 Å². The Morgan fingerprint density at radius 3 is 2.54 bits per heavy atom. The van der Waals surface area contributed by atoms with Crippen molar-refractivity contribution in [3.63, 3.8) is 0 Å². The minimum atomic E-state index is 0.198. The fourth-order valence-electron chi connectivity index (χ4n) is 2.93. The maximum absolute atomic E-state index is 9.47. The third kappa shape index (κ3) is 2.14. The summed E-state index contributed by atoms with van der Waals surface area (Å²) < 4.78 is 3.49. The van der Waals surface area contributed by atoms with Crippen molar-refractivity contribution in [3.05, 3.63) is 66.1 Å². The second kappa shape index (κ2) is 5.53. The number of para-hydroxylation sites is 1. The number of benzene rings is 2. The van der Waals surface area contributed by atoms with Crippen LogP contribution in [0, 0.1) is 0 Å². The minimum absolute atomic E-state index is 0.198. The lowest BCUT2D eigenvalue weighted by molar-refractivity contribution is 0.475. The number of fused-ring (bicyclic) bond motifs is 3. The van der Waals surface area contributed by atoms with Crippen molar-refractivity contribution in [2.45, 2.75) is 0 Å². The van der Waals surface area contributed by atoms with E-state index in [1.54, 1.807) is 45.9 Å². The smallest absolute Gasteiger partial charge is 0.175 e. The molecule has 8 heteroatoms. The second-order valence-corrected chi connectivity index (χ2v) is 6.16. The monoisotopic (exact) mass is 362 g/mol. The van der Waals surface area contributed by atoms with Crippen molar-refractivity contribution < 1.29 is 5.11 Å². The Bertz CT molecular complexity index is 1260. The number of phenols is 1. The molecule has 0 fully saturated rings. The number of rotatable bonds is 2. The maximum atomic E-state index is 9.47. The van der Waals surface area contributed by atoms with Gasteiger partial charge in [-0.3, -0.25) is 4.40 Å². The molecular weight excluding hydrogens is 352 g/mol. The summed E-state index contributed by atoms with van der Waals surface area (Å²) in [5, 5.41) is 23.8. The average Bonchev–Trinajstić information content (AvgIpc) is 3.26. The van der Waals surface area contributed by atoms with Crippen LogP contribution in [0.2, 0.25) is 5.02 Å². The Hall–Kier alpha value is -3.45. The Balaban J connectivity index is 1.73. The molecule has 0 aliphatic carbocycles. The van der Waals surface area contributed by atoms with Gasteiger partial charge in [-0.1, -0.05) is 23.7 Å². The predicted molar refractivity (Wildman–Crippen MR) is 97.5 cm³/mol. The molecule has 26 heavy (non-hydrogen) atoms. The molecule has 7 nitrogen and oxygen atoms in total. The van der Waals surface area contributed by atoms with E-state index in [0.29, 0.717) is 22.1 Å². The van der Waals surface area contributed by atoms with Crippen LogP contribution in [0.25, 0.3) is 33.8 Å². The molecule has 5 rings (SSSR count). The molecule has 0 aliphatic rings. The molecule has 0 unspecified atom stereocenters. The highest BCUT2D eigenvalue weighted by molar-refractivity contribution is 6.32. The van der Waals surface area contributed by atoms with Gasteiger partial charge in [0.1, 0.15) is 12.1 Å². The molecule has 3 heterocycles. The van der Waals surface area contributed by atoms with Crippen LogP contribution >= 0.6 is 11.6 Å². The van der Waals surface area contributed by atoms with Crippen molar-refractivity contribution >= 4 is 28.3 Å². The van der Waals surface area contributed by atoms with E-state index >= 15 is 0 Å². The Morgan fingerprint density at radius 1 is 0.923 bits per heavy atom. The van der Waals surface area contributed by atoms with E-state index in [-0.39, 0.29) is 5.75 Å². The number of nitrogens with zero attached hydrogens (tertiary/aromatic N) is 6. The number of phenolic OH excluding ortho intramolecular Hbond substituents is 1. The van der Waals surface area contributed by atoms with Gasteiger partial charge in [0, 0.05) is 5.56 Å². The number of aromatic nitrogens is 6. The largest absolute Gasteiger partial charge is 0.508 e. The molecule has 126 valence electrons. The van der Waals surface area contributed by atoms with E-state index in [9.17, 15) is 5.11 Å². The van der Waals surface area contributed by atoms with Gasteiger partial charge >= 0.3 is 0 Å². The lowest BCUT2D eigenvalue weighted by atomic mass is 10.2. The van der Waals surface area contributed by atoms with E-state index in [4.69, 9.17) is 11.6 Å². The van der Waals surface area contributed by atoms with Crippen molar-refractivity contribution in [1.29, 1.82) is 0 Å². The summed E-state index contributed by atoms with van der Waals surface area (Å²) in [6, 6.07) is 14.2. The topological polar surface area (TPSA) is 81.1 Å². The van der Waals surface area contributed by atoms with E-state index in [1.165, 1.54) is 0 Å². The van der Waals surface area contributed by atoms with E-state index < -0.39 is 0 Å². The quantitative estimate of drug-likeness (QED) is 0.520.